The third kappa shape index (κ3) is 4.39. The van der Waals surface area contributed by atoms with Crippen LogP contribution < -0.4 is 5.32 Å². The SMILES string of the molecule is C=C(C)CCC(NCCC)c1ccc(F)c(F)c1F. The summed E-state index contributed by atoms with van der Waals surface area (Å²) >= 11 is 0. The Bertz CT molecular complexity index is 443. The average molecular weight is 271 g/mol. The molecule has 1 aromatic rings. The Labute approximate surface area is 112 Å². The fraction of sp³-hybridized carbons (Fsp3) is 0.467. The van der Waals surface area contributed by atoms with Crippen LogP contribution in [0.3, 0.4) is 0 Å². The van der Waals surface area contributed by atoms with Gasteiger partial charge < -0.3 is 5.32 Å². The van der Waals surface area contributed by atoms with Crippen LogP contribution in [0, 0.1) is 17.5 Å². The molecule has 0 spiro atoms. The van der Waals surface area contributed by atoms with E-state index in [1.165, 1.54) is 6.07 Å². The normalized spacial score (nSPS) is 12.5. The molecule has 106 valence electrons. The zero-order valence-corrected chi connectivity index (χ0v) is 11.4. The van der Waals surface area contributed by atoms with Crippen LogP contribution in [-0.2, 0) is 0 Å². The molecular weight excluding hydrogens is 251 g/mol. The van der Waals surface area contributed by atoms with E-state index in [1.54, 1.807) is 0 Å². The fourth-order valence-electron chi connectivity index (χ4n) is 1.89. The van der Waals surface area contributed by atoms with Gasteiger partial charge in [-0.15, -0.1) is 6.58 Å². The van der Waals surface area contributed by atoms with Crippen molar-refractivity contribution in [2.75, 3.05) is 6.54 Å². The predicted molar refractivity (Wildman–Crippen MR) is 71.4 cm³/mol. The third-order valence-electron chi connectivity index (χ3n) is 2.94. The largest absolute Gasteiger partial charge is 0.310 e. The second-order valence-corrected chi connectivity index (χ2v) is 4.77. The molecule has 1 rings (SSSR count). The Morgan fingerprint density at radius 2 is 1.95 bits per heavy atom. The van der Waals surface area contributed by atoms with E-state index in [0.29, 0.717) is 19.4 Å². The Kier molecular flexibility index (Phi) is 6.09. The molecule has 0 amide bonds. The number of halogens is 3. The number of hydrogen-bond donors (Lipinski definition) is 1. The maximum atomic E-state index is 13.8. The van der Waals surface area contributed by atoms with Gasteiger partial charge in [0.2, 0.25) is 0 Å². The number of allylic oxidation sites excluding steroid dienone is 1. The number of benzene rings is 1. The monoisotopic (exact) mass is 271 g/mol. The highest BCUT2D eigenvalue weighted by molar-refractivity contribution is 5.24. The van der Waals surface area contributed by atoms with Gasteiger partial charge in [0.15, 0.2) is 17.5 Å². The van der Waals surface area contributed by atoms with Gasteiger partial charge in [-0.2, -0.15) is 0 Å². The number of rotatable bonds is 7. The summed E-state index contributed by atoms with van der Waals surface area (Å²) in [5, 5.41) is 3.16. The second-order valence-electron chi connectivity index (χ2n) is 4.77. The van der Waals surface area contributed by atoms with Gasteiger partial charge in [0.25, 0.3) is 0 Å². The van der Waals surface area contributed by atoms with Crippen LogP contribution in [-0.4, -0.2) is 6.54 Å². The summed E-state index contributed by atoms with van der Waals surface area (Å²) in [6, 6.07) is 1.95. The van der Waals surface area contributed by atoms with E-state index >= 15 is 0 Å². The van der Waals surface area contributed by atoms with E-state index in [1.807, 2.05) is 13.8 Å². The highest BCUT2D eigenvalue weighted by atomic mass is 19.2. The summed E-state index contributed by atoms with van der Waals surface area (Å²) in [4.78, 5) is 0. The Balaban J connectivity index is 2.95. The smallest absolute Gasteiger partial charge is 0.194 e. The lowest BCUT2D eigenvalue weighted by Gasteiger charge is -2.20. The summed E-state index contributed by atoms with van der Waals surface area (Å²) in [5.74, 6) is -3.66. The van der Waals surface area contributed by atoms with Crippen molar-refractivity contribution >= 4 is 0 Å². The van der Waals surface area contributed by atoms with Crippen molar-refractivity contribution in [2.24, 2.45) is 0 Å². The van der Waals surface area contributed by atoms with Gasteiger partial charge in [-0.05, 0) is 38.8 Å². The summed E-state index contributed by atoms with van der Waals surface area (Å²) in [6.45, 7) is 8.37. The van der Waals surface area contributed by atoms with Gasteiger partial charge in [-0.1, -0.05) is 18.6 Å². The van der Waals surface area contributed by atoms with E-state index in [0.717, 1.165) is 18.1 Å². The van der Waals surface area contributed by atoms with Crippen LogP contribution in [0.15, 0.2) is 24.3 Å². The summed E-state index contributed by atoms with van der Waals surface area (Å²) in [5.41, 5.74) is 1.15. The van der Waals surface area contributed by atoms with Crippen LogP contribution in [0.2, 0.25) is 0 Å². The number of nitrogens with one attached hydrogen (secondary N) is 1. The van der Waals surface area contributed by atoms with Gasteiger partial charge in [0, 0.05) is 11.6 Å². The lowest BCUT2D eigenvalue weighted by atomic mass is 9.99. The highest BCUT2D eigenvalue weighted by Gasteiger charge is 2.20. The van der Waals surface area contributed by atoms with E-state index in [2.05, 4.69) is 11.9 Å². The lowest BCUT2D eigenvalue weighted by Crippen LogP contribution is -2.23. The van der Waals surface area contributed by atoms with Gasteiger partial charge in [0.1, 0.15) is 0 Å². The number of hydrogen-bond acceptors (Lipinski definition) is 1. The molecule has 0 aliphatic heterocycles. The van der Waals surface area contributed by atoms with Crippen molar-refractivity contribution in [1.29, 1.82) is 0 Å². The lowest BCUT2D eigenvalue weighted by molar-refractivity contribution is 0.417. The molecule has 0 bridgehead atoms. The van der Waals surface area contributed by atoms with Crippen molar-refractivity contribution in [3.05, 3.63) is 47.3 Å². The first-order valence-electron chi connectivity index (χ1n) is 6.48. The quantitative estimate of drug-likeness (QED) is 0.568. The van der Waals surface area contributed by atoms with Crippen molar-refractivity contribution in [2.45, 2.75) is 39.2 Å². The standard InChI is InChI=1S/C15H20F3N/c1-4-9-19-13(8-5-10(2)3)11-6-7-12(16)15(18)14(11)17/h6-7,13,19H,2,4-5,8-9H2,1,3H3. The molecule has 0 fully saturated rings. The molecule has 1 atom stereocenters. The molecule has 0 radical (unpaired) electrons. The molecule has 1 aromatic carbocycles. The minimum atomic E-state index is -1.41. The molecule has 0 aromatic heterocycles. The van der Waals surface area contributed by atoms with Crippen molar-refractivity contribution in [1.82, 2.24) is 5.32 Å². The zero-order valence-electron chi connectivity index (χ0n) is 11.4. The molecule has 0 saturated carbocycles. The van der Waals surface area contributed by atoms with Crippen molar-refractivity contribution in [3.63, 3.8) is 0 Å². The molecule has 0 heterocycles. The van der Waals surface area contributed by atoms with Crippen LogP contribution in [0.25, 0.3) is 0 Å². The molecule has 1 N–H and O–H groups in total. The average Bonchev–Trinajstić information content (AvgIpc) is 2.37. The van der Waals surface area contributed by atoms with Crippen LogP contribution in [0.1, 0.15) is 44.7 Å². The topological polar surface area (TPSA) is 12.0 Å². The second kappa shape index (κ2) is 7.34. The van der Waals surface area contributed by atoms with Gasteiger partial charge in [-0.3, -0.25) is 0 Å². The molecule has 0 aliphatic rings. The molecular formula is C15H20F3N. The third-order valence-corrected chi connectivity index (χ3v) is 2.94. The van der Waals surface area contributed by atoms with E-state index in [9.17, 15) is 13.2 Å². The van der Waals surface area contributed by atoms with Gasteiger partial charge >= 0.3 is 0 Å². The fourth-order valence-corrected chi connectivity index (χ4v) is 1.89. The highest BCUT2D eigenvalue weighted by Crippen LogP contribution is 2.25. The van der Waals surface area contributed by atoms with E-state index < -0.39 is 17.5 Å². The maximum Gasteiger partial charge on any atom is 0.194 e. The van der Waals surface area contributed by atoms with Crippen LogP contribution in [0.4, 0.5) is 13.2 Å². The minimum Gasteiger partial charge on any atom is -0.310 e. The Morgan fingerprint density at radius 3 is 2.53 bits per heavy atom. The Hall–Kier alpha value is -1.29. The molecule has 1 nitrogen and oxygen atoms in total. The van der Waals surface area contributed by atoms with Crippen molar-refractivity contribution in [3.8, 4) is 0 Å². The predicted octanol–water partition coefficient (Wildman–Crippen LogP) is 4.50. The summed E-state index contributed by atoms with van der Waals surface area (Å²) in [6.07, 6.45) is 2.20. The van der Waals surface area contributed by atoms with Crippen LogP contribution in [0.5, 0.6) is 0 Å². The molecule has 1 unspecified atom stereocenters. The minimum absolute atomic E-state index is 0.175. The zero-order chi connectivity index (χ0) is 14.4. The summed E-state index contributed by atoms with van der Waals surface area (Å²) < 4.78 is 40.0. The molecule has 0 saturated heterocycles. The van der Waals surface area contributed by atoms with Gasteiger partial charge in [0.05, 0.1) is 0 Å². The van der Waals surface area contributed by atoms with Crippen LogP contribution >= 0.6 is 0 Å². The summed E-state index contributed by atoms with van der Waals surface area (Å²) in [7, 11) is 0. The molecule has 0 aliphatic carbocycles. The first-order valence-corrected chi connectivity index (χ1v) is 6.48. The molecule has 4 heteroatoms. The van der Waals surface area contributed by atoms with E-state index in [-0.39, 0.29) is 11.6 Å². The maximum absolute atomic E-state index is 13.8. The van der Waals surface area contributed by atoms with E-state index in [4.69, 9.17) is 0 Å². The first-order chi connectivity index (χ1) is 8.97. The Morgan fingerprint density at radius 1 is 1.26 bits per heavy atom. The van der Waals surface area contributed by atoms with Crippen molar-refractivity contribution < 1.29 is 13.2 Å². The molecule has 19 heavy (non-hydrogen) atoms. The first kappa shape index (κ1) is 15.8. The van der Waals surface area contributed by atoms with Gasteiger partial charge in [-0.25, -0.2) is 13.2 Å².